The predicted molar refractivity (Wildman–Crippen MR) is 47.2 cm³/mol. The normalized spacial score (nSPS) is 32.2. The molecule has 1 unspecified atom stereocenters. The Balaban J connectivity index is 2.51. The Morgan fingerprint density at radius 1 is 1.64 bits per heavy atom. The number of halogens is 1. The van der Waals surface area contributed by atoms with Gasteiger partial charge in [-0.3, -0.25) is 0 Å². The van der Waals surface area contributed by atoms with Gasteiger partial charge in [-0.25, -0.2) is 0 Å². The summed E-state index contributed by atoms with van der Waals surface area (Å²) in [6.07, 6.45) is 0.199. The van der Waals surface area contributed by atoms with E-state index < -0.39 is 0 Å². The zero-order chi connectivity index (χ0) is 8.48. The molecule has 0 bridgehead atoms. The standard InChI is InChI=1S/C8H16ClNO/c1-8(2)6-10(3)5-7(4-9)11-8/h7H,4-6H2,1-3H3. The zero-order valence-corrected chi connectivity index (χ0v) is 8.19. The lowest BCUT2D eigenvalue weighted by Crippen LogP contribution is -2.51. The number of hydrogen-bond acceptors (Lipinski definition) is 2. The maximum Gasteiger partial charge on any atom is 0.0844 e. The van der Waals surface area contributed by atoms with Crippen LogP contribution in [-0.4, -0.2) is 42.6 Å². The number of likely N-dealkylation sites (N-methyl/N-ethyl adjacent to an activating group) is 1. The number of morpholine rings is 1. The molecule has 1 rings (SSSR count). The fourth-order valence-corrected chi connectivity index (χ4v) is 1.83. The summed E-state index contributed by atoms with van der Waals surface area (Å²) in [6.45, 7) is 6.14. The van der Waals surface area contributed by atoms with Gasteiger partial charge in [-0.1, -0.05) is 0 Å². The van der Waals surface area contributed by atoms with E-state index in [4.69, 9.17) is 16.3 Å². The van der Waals surface area contributed by atoms with Crippen molar-refractivity contribution in [2.24, 2.45) is 0 Å². The van der Waals surface area contributed by atoms with Crippen LogP contribution in [0.1, 0.15) is 13.8 Å². The lowest BCUT2D eigenvalue weighted by Gasteiger charge is -2.40. The first-order valence-corrected chi connectivity index (χ1v) is 4.49. The summed E-state index contributed by atoms with van der Waals surface area (Å²) < 4.78 is 5.72. The summed E-state index contributed by atoms with van der Waals surface area (Å²) >= 11 is 5.72. The molecule has 3 heteroatoms. The van der Waals surface area contributed by atoms with Crippen LogP contribution < -0.4 is 0 Å². The second kappa shape index (κ2) is 3.30. The molecule has 1 aliphatic rings. The molecule has 0 aromatic heterocycles. The Hall–Kier alpha value is 0.210. The molecule has 0 amide bonds. The molecule has 0 radical (unpaired) electrons. The van der Waals surface area contributed by atoms with Crippen LogP contribution in [0.2, 0.25) is 0 Å². The van der Waals surface area contributed by atoms with E-state index in [9.17, 15) is 0 Å². The average molecular weight is 178 g/mol. The summed E-state index contributed by atoms with van der Waals surface area (Å²) in [5, 5.41) is 0. The SMILES string of the molecule is CN1CC(CCl)OC(C)(C)C1. The van der Waals surface area contributed by atoms with Gasteiger partial charge in [0.05, 0.1) is 11.7 Å². The van der Waals surface area contributed by atoms with Crippen molar-refractivity contribution in [2.75, 3.05) is 26.0 Å². The second-order valence-corrected chi connectivity index (χ2v) is 4.16. The molecule has 1 atom stereocenters. The van der Waals surface area contributed by atoms with E-state index in [2.05, 4.69) is 25.8 Å². The highest BCUT2D eigenvalue weighted by Gasteiger charge is 2.30. The maximum atomic E-state index is 5.72. The molecule has 11 heavy (non-hydrogen) atoms. The van der Waals surface area contributed by atoms with Crippen LogP contribution in [0.3, 0.4) is 0 Å². The Morgan fingerprint density at radius 3 is 2.73 bits per heavy atom. The number of rotatable bonds is 1. The minimum atomic E-state index is -0.0352. The molecule has 2 nitrogen and oxygen atoms in total. The largest absolute Gasteiger partial charge is 0.368 e. The van der Waals surface area contributed by atoms with Gasteiger partial charge in [0.15, 0.2) is 0 Å². The molecule has 0 N–H and O–H groups in total. The van der Waals surface area contributed by atoms with Crippen molar-refractivity contribution in [2.45, 2.75) is 25.6 Å². The summed E-state index contributed by atoms with van der Waals surface area (Å²) in [7, 11) is 2.10. The van der Waals surface area contributed by atoms with E-state index in [0.29, 0.717) is 5.88 Å². The average Bonchev–Trinajstić information content (AvgIpc) is 1.83. The van der Waals surface area contributed by atoms with E-state index >= 15 is 0 Å². The second-order valence-electron chi connectivity index (χ2n) is 3.85. The van der Waals surface area contributed by atoms with Crippen molar-refractivity contribution in [3.63, 3.8) is 0 Å². The molecule has 0 aliphatic carbocycles. The molecule has 1 aliphatic heterocycles. The predicted octanol–water partition coefficient (Wildman–Crippen LogP) is 1.33. The topological polar surface area (TPSA) is 12.5 Å². The van der Waals surface area contributed by atoms with Gasteiger partial charge in [-0.15, -0.1) is 11.6 Å². The highest BCUT2D eigenvalue weighted by atomic mass is 35.5. The van der Waals surface area contributed by atoms with Gasteiger partial charge < -0.3 is 9.64 Å². The van der Waals surface area contributed by atoms with Gasteiger partial charge in [-0.05, 0) is 20.9 Å². The van der Waals surface area contributed by atoms with Crippen molar-refractivity contribution >= 4 is 11.6 Å². The summed E-state index contributed by atoms with van der Waals surface area (Å²) in [5.74, 6) is 0.591. The molecule has 0 spiro atoms. The van der Waals surface area contributed by atoms with Crippen LogP contribution in [0.4, 0.5) is 0 Å². The van der Waals surface area contributed by atoms with Gasteiger partial charge in [0, 0.05) is 19.0 Å². The number of nitrogens with zero attached hydrogens (tertiary/aromatic N) is 1. The molecule has 1 fully saturated rings. The minimum absolute atomic E-state index is 0.0352. The molecule has 66 valence electrons. The highest BCUT2D eigenvalue weighted by Crippen LogP contribution is 2.20. The molecule has 1 heterocycles. The summed E-state index contributed by atoms with van der Waals surface area (Å²) in [4.78, 5) is 2.26. The van der Waals surface area contributed by atoms with Crippen molar-refractivity contribution in [1.82, 2.24) is 4.90 Å². The first-order chi connectivity index (χ1) is 5.03. The quantitative estimate of drug-likeness (QED) is 0.561. The van der Waals surface area contributed by atoms with Crippen LogP contribution in [0.25, 0.3) is 0 Å². The fraction of sp³-hybridized carbons (Fsp3) is 1.00. The van der Waals surface area contributed by atoms with Crippen molar-refractivity contribution in [3.05, 3.63) is 0 Å². The van der Waals surface area contributed by atoms with Gasteiger partial charge in [0.2, 0.25) is 0 Å². The summed E-state index contributed by atoms with van der Waals surface area (Å²) in [5.41, 5.74) is -0.0352. The van der Waals surface area contributed by atoms with Crippen LogP contribution in [-0.2, 0) is 4.74 Å². The van der Waals surface area contributed by atoms with E-state index in [-0.39, 0.29) is 11.7 Å². The maximum absolute atomic E-state index is 5.72. The lowest BCUT2D eigenvalue weighted by atomic mass is 10.1. The van der Waals surface area contributed by atoms with Crippen molar-refractivity contribution in [3.8, 4) is 0 Å². The van der Waals surface area contributed by atoms with Crippen LogP contribution in [0.15, 0.2) is 0 Å². The molecule has 0 saturated carbocycles. The Bertz CT molecular complexity index is 138. The van der Waals surface area contributed by atoms with E-state index in [1.54, 1.807) is 0 Å². The monoisotopic (exact) mass is 177 g/mol. The van der Waals surface area contributed by atoms with Gasteiger partial charge in [0.25, 0.3) is 0 Å². The van der Waals surface area contributed by atoms with Crippen molar-refractivity contribution in [1.29, 1.82) is 0 Å². The summed E-state index contributed by atoms with van der Waals surface area (Å²) in [6, 6.07) is 0. The van der Waals surface area contributed by atoms with Crippen LogP contribution in [0, 0.1) is 0 Å². The molecular weight excluding hydrogens is 162 g/mol. The number of ether oxygens (including phenoxy) is 1. The van der Waals surface area contributed by atoms with Crippen LogP contribution in [0.5, 0.6) is 0 Å². The minimum Gasteiger partial charge on any atom is -0.368 e. The number of alkyl halides is 1. The Morgan fingerprint density at radius 2 is 2.27 bits per heavy atom. The van der Waals surface area contributed by atoms with Gasteiger partial charge in [0.1, 0.15) is 0 Å². The zero-order valence-electron chi connectivity index (χ0n) is 7.43. The van der Waals surface area contributed by atoms with Gasteiger partial charge in [-0.2, -0.15) is 0 Å². The van der Waals surface area contributed by atoms with Crippen LogP contribution >= 0.6 is 11.6 Å². The third kappa shape index (κ3) is 2.62. The molecular formula is C8H16ClNO. The molecule has 0 aromatic carbocycles. The van der Waals surface area contributed by atoms with E-state index in [0.717, 1.165) is 13.1 Å². The third-order valence-corrected chi connectivity index (χ3v) is 2.17. The molecule has 1 saturated heterocycles. The highest BCUT2D eigenvalue weighted by molar-refractivity contribution is 6.18. The first-order valence-electron chi connectivity index (χ1n) is 3.96. The molecule has 0 aromatic rings. The fourth-order valence-electron chi connectivity index (χ4n) is 1.67. The number of hydrogen-bond donors (Lipinski definition) is 0. The lowest BCUT2D eigenvalue weighted by molar-refractivity contribution is -0.121. The van der Waals surface area contributed by atoms with Crippen molar-refractivity contribution < 1.29 is 4.74 Å². The smallest absolute Gasteiger partial charge is 0.0844 e. The Kier molecular flexibility index (Phi) is 2.79. The van der Waals surface area contributed by atoms with E-state index in [1.165, 1.54) is 0 Å². The third-order valence-electron chi connectivity index (χ3n) is 1.82. The first kappa shape index (κ1) is 9.30. The van der Waals surface area contributed by atoms with Gasteiger partial charge >= 0.3 is 0 Å². The van der Waals surface area contributed by atoms with E-state index in [1.807, 2.05) is 0 Å². The Labute approximate surface area is 73.5 Å².